The number of hydrogen-bond acceptors (Lipinski definition) is 4. The number of carbonyl (C=O) groups excluding carboxylic acids is 1. The molecule has 0 unspecified atom stereocenters. The number of benzene rings is 1. The van der Waals surface area contributed by atoms with E-state index >= 15 is 0 Å². The Hall–Kier alpha value is -2.46. The van der Waals surface area contributed by atoms with Gasteiger partial charge in [0.2, 0.25) is 0 Å². The Balaban J connectivity index is 2.87. The van der Waals surface area contributed by atoms with Crippen molar-refractivity contribution < 1.29 is 9.53 Å². The van der Waals surface area contributed by atoms with Gasteiger partial charge in [-0.3, -0.25) is 0 Å². The van der Waals surface area contributed by atoms with Gasteiger partial charge in [-0.2, -0.15) is 5.26 Å². The normalized spacial score (nSPS) is 8.50. The Morgan fingerprint density at radius 1 is 1.56 bits per heavy atom. The largest absolute Gasteiger partial charge is 0.456 e. The van der Waals surface area contributed by atoms with E-state index in [1.165, 1.54) is 0 Å². The molecule has 0 radical (unpaired) electrons. The number of nitrogens with zero attached hydrogens (tertiary/aromatic N) is 1. The molecule has 4 nitrogen and oxygen atoms in total. The van der Waals surface area contributed by atoms with Crippen LogP contribution >= 0.6 is 0 Å². The predicted octanol–water partition coefficient (Wildman–Crippen LogP) is 1.06. The van der Waals surface area contributed by atoms with Crippen LogP contribution in [0, 0.1) is 23.2 Å². The molecule has 0 atom stereocenters. The van der Waals surface area contributed by atoms with Crippen molar-refractivity contribution in [1.29, 1.82) is 5.26 Å². The maximum Gasteiger partial charge on any atom is 0.384 e. The molecule has 80 valence electrons. The topological polar surface area (TPSA) is 76.1 Å². The molecule has 0 aliphatic rings. The second-order valence-corrected chi connectivity index (χ2v) is 2.88. The number of nitriles is 1. The average Bonchev–Trinajstić information content (AvgIpc) is 2.27. The Labute approximate surface area is 93.6 Å². The van der Waals surface area contributed by atoms with Crippen molar-refractivity contribution in [3.8, 4) is 17.9 Å². The van der Waals surface area contributed by atoms with E-state index in [0.717, 1.165) is 0 Å². The molecule has 1 rings (SSSR count). The summed E-state index contributed by atoms with van der Waals surface area (Å²) >= 11 is 0. The summed E-state index contributed by atoms with van der Waals surface area (Å²) < 4.78 is 4.64. The van der Waals surface area contributed by atoms with Gasteiger partial charge in [0.25, 0.3) is 0 Å². The fourth-order valence-corrected chi connectivity index (χ4v) is 1.03. The highest BCUT2D eigenvalue weighted by Gasteiger charge is 1.98. The van der Waals surface area contributed by atoms with Crippen molar-refractivity contribution in [3.63, 3.8) is 0 Å². The lowest BCUT2D eigenvalue weighted by Crippen LogP contribution is -1.99. The Kier molecular flexibility index (Phi) is 3.94. The van der Waals surface area contributed by atoms with E-state index in [9.17, 15) is 4.79 Å². The van der Waals surface area contributed by atoms with Gasteiger partial charge in [0.1, 0.15) is 6.07 Å². The molecule has 0 spiro atoms. The smallest absolute Gasteiger partial charge is 0.384 e. The average molecular weight is 214 g/mol. The molecular formula is C12H10N2O2. The summed E-state index contributed by atoms with van der Waals surface area (Å²) in [4.78, 5) is 10.9. The second-order valence-electron chi connectivity index (χ2n) is 2.88. The minimum absolute atomic E-state index is 0.295. The molecule has 16 heavy (non-hydrogen) atoms. The number of carbonyl (C=O) groups is 1. The maximum absolute atomic E-state index is 10.9. The van der Waals surface area contributed by atoms with Crippen LogP contribution in [-0.4, -0.2) is 12.6 Å². The summed E-state index contributed by atoms with van der Waals surface area (Å²) in [6.45, 7) is 2.00. The second kappa shape index (κ2) is 5.43. The molecule has 0 saturated heterocycles. The number of nitrogen functional groups attached to an aromatic ring is 1. The standard InChI is InChI=1S/C12H10N2O2/c1-2-16-12(15)6-4-9-3-5-10(8-13)11(14)7-9/h3,5,7H,2,14H2,1H3. The highest BCUT2D eigenvalue weighted by Crippen LogP contribution is 2.11. The number of nitrogens with two attached hydrogens (primary N) is 1. The Bertz CT molecular complexity index is 504. The molecule has 0 heterocycles. The van der Waals surface area contributed by atoms with Crippen LogP contribution in [0.1, 0.15) is 18.1 Å². The summed E-state index contributed by atoms with van der Waals surface area (Å²) in [5.41, 5.74) is 6.90. The summed E-state index contributed by atoms with van der Waals surface area (Å²) in [7, 11) is 0. The van der Waals surface area contributed by atoms with Crippen molar-refractivity contribution in [1.82, 2.24) is 0 Å². The molecule has 1 aromatic carbocycles. The molecule has 4 heteroatoms. The highest BCUT2D eigenvalue weighted by molar-refractivity contribution is 5.89. The third-order valence-corrected chi connectivity index (χ3v) is 1.76. The van der Waals surface area contributed by atoms with E-state index in [0.29, 0.717) is 23.4 Å². The van der Waals surface area contributed by atoms with Gasteiger partial charge in [0.05, 0.1) is 17.9 Å². The summed E-state index contributed by atoms with van der Waals surface area (Å²) in [5, 5.41) is 8.66. The first kappa shape index (κ1) is 11.6. The number of anilines is 1. The molecule has 0 aliphatic heterocycles. The predicted molar refractivity (Wildman–Crippen MR) is 59.1 cm³/mol. The third-order valence-electron chi connectivity index (χ3n) is 1.76. The van der Waals surface area contributed by atoms with E-state index < -0.39 is 5.97 Å². The number of hydrogen-bond donors (Lipinski definition) is 1. The van der Waals surface area contributed by atoms with E-state index in [1.54, 1.807) is 25.1 Å². The number of ether oxygens (including phenoxy) is 1. The van der Waals surface area contributed by atoms with Crippen LogP contribution in [0.2, 0.25) is 0 Å². The molecule has 0 amide bonds. The molecule has 0 aromatic heterocycles. The highest BCUT2D eigenvalue weighted by atomic mass is 16.5. The zero-order valence-corrected chi connectivity index (χ0v) is 8.78. The van der Waals surface area contributed by atoms with Crippen molar-refractivity contribution >= 4 is 11.7 Å². The van der Waals surface area contributed by atoms with Crippen LogP contribution in [0.15, 0.2) is 18.2 Å². The minimum Gasteiger partial charge on any atom is -0.456 e. The third kappa shape index (κ3) is 3.04. The Morgan fingerprint density at radius 2 is 2.31 bits per heavy atom. The summed E-state index contributed by atoms with van der Waals surface area (Å²) in [6, 6.07) is 6.68. The van der Waals surface area contributed by atoms with Gasteiger partial charge in [-0.15, -0.1) is 0 Å². The lowest BCUT2D eigenvalue weighted by atomic mass is 10.1. The first-order valence-corrected chi connectivity index (χ1v) is 4.65. The zero-order valence-electron chi connectivity index (χ0n) is 8.78. The monoisotopic (exact) mass is 214 g/mol. The van der Waals surface area contributed by atoms with Crippen LogP contribution in [0.3, 0.4) is 0 Å². The number of esters is 1. The zero-order chi connectivity index (χ0) is 12.0. The first-order valence-electron chi connectivity index (χ1n) is 4.65. The van der Waals surface area contributed by atoms with Gasteiger partial charge in [-0.25, -0.2) is 4.79 Å². The molecule has 2 N–H and O–H groups in total. The van der Waals surface area contributed by atoms with Crippen molar-refractivity contribution in [3.05, 3.63) is 29.3 Å². The van der Waals surface area contributed by atoms with Gasteiger partial charge >= 0.3 is 5.97 Å². The van der Waals surface area contributed by atoms with E-state index in [4.69, 9.17) is 11.0 Å². The SMILES string of the molecule is CCOC(=O)C#Cc1ccc(C#N)c(N)c1. The molecule has 0 bridgehead atoms. The van der Waals surface area contributed by atoms with Gasteiger partial charge in [0.15, 0.2) is 0 Å². The van der Waals surface area contributed by atoms with E-state index in [-0.39, 0.29) is 0 Å². The maximum atomic E-state index is 10.9. The van der Waals surface area contributed by atoms with Gasteiger partial charge in [-0.1, -0.05) is 5.92 Å². The molecule has 0 fully saturated rings. The van der Waals surface area contributed by atoms with Crippen LogP contribution in [-0.2, 0) is 9.53 Å². The molecular weight excluding hydrogens is 204 g/mol. The van der Waals surface area contributed by atoms with E-state index in [2.05, 4.69) is 16.6 Å². The van der Waals surface area contributed by atoms with Crippen LogP contribution in [0.25, 0.3) is 0 Å². The lowest BCUT2D eigenvalue weighted by Gasteiger charge is -1.96. The number of rotatable bonds is 1. The van der Waals surface area contributed by atoms with Crippen LogP contribution in [0.4, 0.5) is 5.69 Å². The van der Waals surface area contributed by atoms with Crippen LogP contribution in [0.5, 0.6) is 0 Å². The first-order chi connectivity index (χ1) is 7.67. The fraction of sp³-hybridized carbons (Fsp3) is 0.167. The van der Waals surface area contributed by atoms with Gasteiger partial charge in [-0.05, 0) is 25.1 Å². The van der Waals surface area contributed by atoms with Gasteiger partial charge in [0, 0.05) is 11.5 Å². The van der Waals surface area contributed by atoms with Crippen molar-refractivity contribution in [2.45, 2.75) is 6.92 Å². The molecule has 1 aromatic rings. The summed E-state index contributed by atoms with van der Waals surface area (Å²) in [5.74, 6) is 4.34. The quantitative estimate of drug-likeness (QED) is 0.430. The Morgan fingerprint density at radius 3 is 2.88 bits per heavy atom. The molecule has 0 saturated carbocycles. The summed E-state index contributed by atoms with van der Waals surface area (Å²) in [6.07, 6.45) is 0. The minimum atomic E-state index is -0.578. The van der Waals surface area contributed by atoms with Crippen molar-refractivity contribution in [2.24, 2.45) is 0 Å². The molecule has 0 aliphatic carbocycles. The lowest BCUT2D eigenvalue weighted by molar-refractivity contribution is -0.136. The fourth-order valence-electron chi connectivity index (χ4n) is 1.03. The van der Waals surface area contributed by atoms with E-state index in [1.807, 2.05) is 6.07 Å². The van der Waals surface area contributed by atoms with Crippen molar-refractivity contribution in [2.75, 3.05) is 12.3 Å². The van der Waals surface area contributed by atoms with Crippen LogP contribution < -0.4 is 5.73 Å². The van der Waals surface area contributed by atoms with Gasteiger partial charge < -0.3 is 10.5 Å².